The van der Waals surface area contributed by atoms with E-state index >= 15 is 0 Å². The van der Waals surface area contributed by atoms with Crippen LogP contribution in [0.2, 0.25) is 0 Å². The van der Waals surface area contributed by atoms with Crippen molar-refractivity contribution in [2.24, 2.45) is 29.6 Å². The molecule has 0 aromatic heterocycles. The van der Waals surface area contributed by atoms with Gasteiger partial charge in [0.05, 0.1) is 62.5 Å². The Balaban J connectivity index is 0.000000366. The van der Waals surface area contributed by atoms with Crippen molar-refractivity contribution in [1.82, 2.24) is 0 Å². The monoisotopic (exact) mass is 871 g/mol. The lowest BCUT2D eigenvalue weighted by Crippen LogP contribution is -2.17. The first-order chi connectivity index (χ1) is 29.2. The van der Waals surface area contributed by atoms with Crippen LogP contribution in [0.1, 0.15) is 212 Å². The highest BCUT2D eigenvalue weighted by Crippen LogP contribution is 2.29. The maximum absolute atomic E-state index is 5.53. The Morgan fingerprint density at radius 3 is 0.967 bits per heavy atom. The molecular weight excluding hydrogens is 765 g/mol. The van der Waals surface area contributed by atoms with Gasteiger partial charge in [0.25, 0.3) is 0 Å². The van der Waals surface area contributed by atoms with Gasteiger partial charge in [0.1, 0.15) is 0 Å². The Morgan fingerprint density at radius 1 is 0.344 bits per heavy atom. The highest BCUT2D eigenvalue weighted by molar-refractivity contribution is 4.69. The van der Waals surface area contributed by atoms with Gasteiger partial charge in [-0.1, -0.05) is 77.0 Å². The van der Waals surface area contributed by atoms with E-state index in [1.807, 2.05) is 0 Å². The highest BCUT2D eigenvalue weighted by atomic mass is 16.6. The van der Waals surface area contributed by atoms with E-state index in [9.17, 15) is 0 Å². The van der Waals surface area contributed by atoms with Gasteiger partial charge in [-0.2, -0.15) is 0 Å². The van der Waals surface area contributed by atoms with Crippen LogP contribution in [0.3, 0.4) is 0 Å². The summed E-state index contributed by atoms with van der Waals surface area (Å²) in [5, 5.41) is 0. The van der Waals surface area contributed by atoms with Crippen LogP contribution in [0.4, 0.5) is 0 Å². The van der Waals surface area contributed by atoms with E-state index in [2.05, 4.69) is 83.1 Å². The summed E-state index contributed by atoms with van der Waals surface area (Å²) in [6, 6.07) is 0. The molecular formula is C53H106O8. The number of rotatable bonds is 19. The molecule has 0 N–H and O–H groups in total. The second kappa shape index (κ2) is 38.9. The Kier molecular flexibility index (Phi) is 37.4. The summed E-state index contributed by atoms with van der Waals surface area (Å²) in [5.41, 5.74) is 0. The average molecular weight is 871 g/mol. The molecule has 2 heterocycles. The molecule has 0 aromatic carbocycles. The van der Waals surface area contributed by atoms with E-state index in [-0.39, 0.29) is 0 Å². The molecule has 0 bridgehead atoms. The Hall–Kier alpha value is -0.320. The zero-order valence-electron chi connectivity index (χ0n) is 42.7. The molecule has 2 aliphatic heterocycles. The number of hydrogen-bond donors (Lipinski definition) is 0. The Labute approximate surface area is 380 Å². The maximum atomic E-state index is 5.53. The van der Waals surface area contributed by atoms with Crippen LogP contribution in [0.5, 0.6) is 0 Å². The first-order valence-electron chi connectivity index (χ1n) is 26.1. The quantitative estimate of drug-likeness (QED) is 0.127. The van der Waals surface area contributed by atoms with Gasteiger partial charge in [0, 0.05) is 45.6 Å². The van der Waals surface area contributed by atoms with Gasteiger partial charge in [-0.3, -0.25) is 0 Å². The molecule has 4 aliphatic carbocycles. The first kappa shape index (κ1) is 58.7. The summed E-state index contributed by atoms with van der Waals surface area (Å²) in [6.45, 7) is 33.4. The van der Waals surface area contributed by atoms with E-state index < -0.39 is 0 Å². The van der Waals surface area contributed by atoms with Crippen molar-refractivity contribution in [2.75, 3.05) is 59.5 Å². The molecule has 0 amide bonds. The molecule has 6 aliphatic rings. The fraction of sp³-hybridized carbons (Fsp3) is 1.00. The molecule has 2 atom stereocenters. The second-order valence-electron chi connectivity index (χ2n) is 20.6. The van der Waals surface area contributed by atoms with Gasteiger partial charge in [-0.15, -0.1) is 0 Å². The van der Waals surface area contributed by atoms with Crippen molar-refractivity contribution in [3.05, 3.63) is 0 Å². The number of hydrogen-bond acceptors (Lipinski definition) is 8. The fourth-order valence-corrected chi connectivity index (χ4v) is 8.60. The van der Waals surface area contributed by atoms with Gasteiger partial charge in [-0.05, 0) is 158 Å². The lowest BCUT2D eigenvalue weighted by atomic mass is 10.1. The standard InChI is InChI=1S/2C10H20O.2C9H18O.C8H16O2.C7H14O2/c2*1-9(2)11-8-7-10-5-3-4-6-10;2*1-8(2)10-7-9-5-3-4-6-9;1-7(2)10-6-8-3-4-9-5-8;1-6(2)9-7-3-4-8-5-7/h2*9-10H,3-8H2,1-2H3;2*8-9H,3-7H2,1-2H3;7-8H,3-6H2,1-2H3;6-7H,3-5H2,1-2H3. The van der Waals surface area contributed by atoms with Gasteiger partial charge in [0.15, 0.2) is 0 Å². The summed E-state index contributed by atoms with van der Waals surface area (Å²) >= 11 is 0. The van der Waals surface area contributed by atoms with Crippen LogP contribution < -0.4 is 0 Å². The van der Waals surface area contributed by atoms with Crippen molar-refractivity contribution < 1.29 is 37.9 Å². The van der Waals surface area contributed by atoms with Crippen LogP contribution in [0.25, 0.3) is 0 Å². The molecule has 366 valence electrons. The molecule has 8 heteroatoms. The largest absolute Gasteiger partial charge is 0.381 e. The lowest BCUT2D eigenvalue weighted by molar-refractivity contribution is 0.00285. The lowest BCUT2D eigenvalue weighted by Gasteiger charge is -2.12. The van der Waals surface area contributed by atoms with E-state index in [0.717, 1.165) is 89.6 Å². The summed E-state index contributed by atoms with van der Waals surface area (Å²) in [4.78, 5) is 0. The molecule has 4 saturated carbocycles. The molecule has 0 spiro atoms. The number of ether oxygens (including phenoxy) is 8. The normalized spacial score (nSPS) is 22.3. The molecule has 61 heavy (non-hydrogen) atoms. The van der Waals surface area contributed by atoms with Gasteiger partial charge in [-0.25, -0.2) is 0 Å². The summed E-state index contributed by atoms with van der Waals surface area (Å²) in [6.07, 6.45) is 30.4. The fourth-order valence-electron chi connectivity index (χ4n) is 8.60. The summed E-state index contributed by atoms with van der Waals surface area (Å²) < 4.78 is 43.3. The van der Waals surface area contributed by atoms with Gasteiger partial charge in [0.2, 0.25) is 0 Å². The van der Waals surface area contributed by atoms with Crippen molar-refractivity contribution >= 4 is 0 Å². The third-order valence-electron chi connectivity index (χ3n) is 12.2. The van der Waals surface area contributed by atoms with E-state index in [1.165, 1.54) is 122 Å². The predicted octanol–water partition coefficient (Wildman–Crippen LogP) is 13.8. The molecule has 2 unspecified atom stereocenters. The molecule has 8 nitrogen and oxygen atoms in total. The first-order valence-corrected chi connectivity index (χ1v) is 26.1. The van der Waals surface area contributed by atoms with Crippen molar-refractivity contribution in [2.45, 2.75) is 254 Å². The van der Waals surface area contributed by atoms with E-state index in [0.29, 0.717) is 48.6 Å². The predicted molar refractivity (Wildman–Crippen MR) is 257 cm³/mol. The second-order valence-corrected chi connectivity index (χ2v) is 20.6. The third kappa shape index (κ3) is 37.6. The maximum Gasteiger partial charge on any atom is 0.0833 e. The zero-order valence-corrected chi connectivity index (χ0v) is 42.7. The highest BCUT2D eigenvalue weighted by Gasteiger charge is 2.19. The van der Waals surface area contributed by atoms with Crippen LogP contribution in [-0.4, -0.2) is 102 Å². The molecule has 6 fully saturated rings. The van der Waals surface area contributed by atoms with Crippen molar-refractivity contribution in [3.63, 3.8) is 0 Å². The molecule has 2 saturated heterocycles. The average Bonchev–Trinajstić information content (AvgIpc) is 4.06. The third-order valence-corrected chi connectivity index (χ3v) is 12.2. The van der Waals surface area contributed by atoms with Crippen LogP contribution in [0.15, 0.2) is 0 Å². The van der Waals surface area contributed by atoms with Crippen molar-refractivity contribution in [1.29, 1.82) is 0 Å². The van der Waals surface area contributed by atoms with Crippen LogP contribution in [-0.2, 0) is 37.9 Å². The zero-order chi connectivity index (χ0) is 45.1. The Bertz CT molecular complexity index is 807. The minimum Gasteiger partial charge on any atom is -0.381 e. The summed E-state index contributed by atoms with van der Waals surface area (Å²) in [5.74, 6) is 4.37. The van der Waals surface area contributed by atoms with E-state index in [1.54, 1.807) is 0 Å². The minimum absolute atomic E-state index is 0.344. The molecule has 0 radical (unpaired) electrons. The smallest absolute Gasteiger partial charge is 0.0833 e. The molecule has 6 rings (SSSR count). The SMILES string of the molecule is CC(C)OC1CCOC1.CC(C)OCC1CCCC1.CC(C)OCC1CCCC1.CC(C)OCC1CCOC1.CC(C)OCCC1CCCC1.CC(C)OCCC1CCCC1. The van der Waals surface area contributed by atoms with E-state index in [4.69, 9.17) is 37.9 Å². The summed E-state index contributed by atoms with van der Waals surface area (Å²) in [7, 11) is 0. The topological polar surface area (TPSA) is 73.8 Å². The van der Waals surface area contributed by atoms with Crippen LogP contribution >= 0.6 is 0 Å². The van der Waals surface area contributed by atoms with Crippen molar-refractivity contribution in [3.8, 4) is 0 Å². The van der Waals surface area contributed by atoms with Gasteiger partial charge >= 0.3 is 0 Å². The van der Waals surface area contributed by atoms with Gasteiger partial charge < -0.3 is 37.9 Å². The molecule has 0 aromatic rings. The Morgan fingerprint density at radius 2 is 0.672 bits per heavy atom. The minimum atomic E-state index is 0.344. The van der Waals surface area contributed by atoms with Crippen LogP contribution in [0, 0.1) is 29.6 Å².